The Morgan fingerprint density at radius 1 is 0.971 bits per heavy atom. The van der Waals surface area contributed by atoms with E-state index in [4.69, 9.17) is 28.2 Å². The molecule has 0 saturated heterocycles. The molecule has 178 valence electrons. The van der Waals surface area contributed by atoms with E-state index in [0.29, 0.717) is 32.1 Å². The largest absolute Gasteiger partial charge is 0.478 e. The van der Waals surface area contributed by atoms with E-state index in [0.717, 1.165) is 22.6 Å². The Balaban J connectivity index is 1.73. The molecule has 0 spiro atoms. The number of halogens is 2. The molecule has 3 aromatic carbocycles. The summed E-state index contributed by atoms with van der Waals surface area (Å²) in [5.74, 6) is -1.12. The number of carboxylic acids is 1. The smallest absolute Gasteiger partial charge is 0.337 e. The zero-order chi connectivity index (χ0) is 25.1. The van der Waals surface area contributed by atoms with Crippen molar-refractivity contribution in [3.63, 3.8) is 0 Å². The van der Waals surface area contributed by atoms with Crippen molar-refractivity contribution in [1.82, 2.24) is 4.98 Å². The monoisotopic (exact) mass is 524 g/mol. The molecule has 0 radical (unpaired) electrons. The third-order valence-electron chi connectivity index (χ3n) is 5.27. The van der Waals surface area contributed by atoms with E-state index in [1.54, 1.807) is 54.6 Å². The molecule has 0 aliphatic heterocycles. The molecular formula is C27H22Cl2N2O3S. The molecule has 0 unspecified atom stereocenters. The maximum absolute atomic E-state index is 12.6. The summed E-state index contributed by atoms with van der Waals surface area (Å²) in [6.45, 7) is 4.26. The Morgan fingerprint density at radius 3 is 2.34 bits per heavy atom. The summed E-state index contributed by atoms with van der Waals surface area (Å²) in [7, 11) is 0. The highest BCUT2D eigenvalue weighted by Crippen LogP contribution is 2.38. The zero-order valence-electron chi connectivity index (χ0n) is 19.0. The molecule has 4 rings (SSSR count). The van der Waals surface area contributed by atoms with Crippen molar-refractivity contribution in [3.8, 4) is 21.8 Å². The van der Waals surface area contributed by atoms with Crippen LogP contribution in [0.4, 0.5) is 5.69 Å². The van der Waals surface area contributed by atoms with Gasteiger partial charge in [0, 0.05) is 21.6 Å². The lowest BCUT2D eigenvalue weighted by atomic mass is 10.0. The van der Waals surface area contributed by atoms with Gasteiger partial charge in [-0.1, -0.05) is 61.3 Å². The minimum atomic E-state index is -1.14. The SMILES string of the molecule is CC(C)Cc1sc(-c2ccc(NC(=O)c3ccccc3)c(C(=O)O)c2)nc1-c1ccc(Cl)c(Cl)c1. The summed E-state index contributed by atoms with van der Waals surface area (Å²) >= 11 is 13.9. The molecule has 4 aromatic rings. The number of aromatic carboxylic acids is 1. The van der Waals surface area contributed by atoms with Gasteiger partial charge in [0.1, 0.15) is 5.01 Å². The fourth-order valence-electron chi connectivity index (χ4n) is 3.60. The summed E-state index contributed by atoms with van der Waals surface area (Å²) in [6, 6.07) is 19.0. The van der Waals surface area contributed by atoms with Gasteiger partial charge in [0.25, 0.3) is 5.91 Å². The predicted octanol–water partition coefficient (Wildman–Crippen LogP) is 7.93. The number of benzene rings is 3. The molecule has 1 amide bonds. The number of nitrogens with one attached hydrogen (secondary N) is 1. The summed E-state index contributed by atoms with van der Waals surface area (Å²) in [5, 5.41) is 14.1. The number of hydrogen-bond donors (Lipinski definition) is 2. The first kappa shape index (κ1) is 24.9. The van der Waals surface area contributed by atoms with Gasteiger partial charge in [-0.25, -0.2) is 9.78 Å². The highest BCUT2D eigenvalue weighted by atomic mass is 35.5. The van der Waals surface area contributed by atoms with E-state index in [1.165, 1.54) is 11.3 Å². The highest BCUT2D eigenvalue weighted by molar-refractivity contribution is 7.15. The number of hydrogen-bond acceptors (Lipinski definition) is 4. The number of aromatic nitrogens is 1. The van der Waals surface area contributed by atoms with Crippen molar-refractivity contribution in [2.45, 2.75) is 20.3 Å². The van der Waals surface area contributed by atoms with Gasteiger partial charge in [-0.05, 0) is 54.8 Å². The highest BCUT2D eigenvalue weighted by Gasteiger charge is 2.19. The molecular weight excluding hydrogens is 503 g/mol. The second kappa shape index (κ2) is 10.6. The van der Waals surface area contributed by atoms with Crippen LogP contribution in [-0.2, 0) is 6.42 Å². The van der Waals surface area contributed by atoms with Crippen LogP contribution in [0.2, 0.25) is 10.0 Å². The van der Waals surface area contributed by atoms with Crippen LogP contribution in [0.15, 0.2) is 66.7 Å². The van der Waals surface area contributed by atoms with E-state index >= 15 is 0 Å². The van der Waals surface area contributed by atoms with Crippen LogP contribution in [0.1, 0.15) is 39.4 Å². The normalized spacial score (nSPS) is 11.0. The van der Waals surface area contributed by atoms with Crippen LogP contribution < -0.4 is 5.32 Å². The summed E-state index contributed by atoms with van der Waals surface area (Å²) in [6.07, 6.45) is 0.810. The summed E-state index contributed by atoms with van der Waals surface area (Å²) in [4.78, 5) is 30.5. The molecule has 8 heteroatoms. The Labute approximate surface area is 217 Å². The van der Waals surface area contributed by atoms with Crippen molar-refractivity contribution < 1.29 is 14.7 Å². The van der Waals surface area contributed by atoms with Crippen LogP contribution in [0.5, 0.6) is 0 Å². The zero-order valence-corrected chi connectivity index (χ0v) is 21.3. The van der Waals surface area contributed by atoms with E-state index in [9.17, 15) is 14.7 Å². The molecule has 0 aliphatic carbocycles. The molecule has 0 bridgehead atoms. The molecule has 1 heterocycles. The van der Waals surface area contributed by atoms with Crippen LogP contribution in [0, 0.1) is 5.92 Å². The van der Waals surface area contributed by atoms with Gasteiger partial charge < -0.3 is 10.4 Å². The standard InChI is InChI=1S/C27H22Cl2N2O3S/c1-15(2)12-23-24(17-8-10-20(28)21(29)14-17)31-26(35-23)18-9-11-22(19(13-18)27(33)34)30-25(32)16-6-4-3-5-7-16/h3-11,13-15H,12H2,1-2H3,(H,30,32)(H,33,34). The number of carbonyl (C=O) groups excluding carboxylic acids is 1. The molecule has 0 atom stereocenters. The minimum absolute atomic E-state index is 0.0107. The maximum Gasteiger partial charge on any atom is 0.337 e. The van der Waals surface area contributed by atoms with Crippen molar-refractivity contribution in [2.75, 3.05) is 5.32 Å². The molecule has 1 aromatic heterocycles. The fraction of sp³-hybridized carbons (Fsp3) is 0.148. The second-order valence-electron chi connectivity index (χ2n) is 8.40. The first-order chi connectivity index (χ1) is 16.7. The lowest BCUT2D eigenvalue weighted by molar-refractivity contribution is 0.0698. The Kier molecular flexibility index (Phi) is 7.55. The van der Waals surface area contributed by atoms with Gasteiger partial charge in [0.2, 0.25) is 0 Å². The number of carbonyl (C=O) groups is 2. The predicted molar refractivity (Wildman–Crippen MR) is 143 cm³/mol. The lowest BCUT2D eigenvalue weighted by Gasteiger charge is -2.10. The quantitative estimate of drug-likeness (QED) is 0.257. The van der Waals surface area contributed by atoms with Crippen LogP contribution in [0.3, 0.4) is 0 Å². The minimum Gasteiger partial charge on any atom is -0.478 e. The topological polar surface area (TPSA) is 79.3 Å². The third-order valence-corrected chi connectivity index (χ3v) is 7.13. The second-order valence-corrected chi connectivity index (χ2v) is 10.3. The first-order valence-corrected chi connectivity index (χ1v) is 12.5. The van der Waals surface area contributed by atoms with Gasteiger partial charge in [-0.2, -0.15) is 0 Å². The molecule has 0 aliphatic rings. The van der Waals surface area contributed by atoms with Gasteiger partial charge in [0.15, 0.2) is 0 Å². The molecule has 35 heavy (non-hydrogen) atoms. The van der Waals surface area contributed by atoms with E-state index < -0.39 is 5.97 Å². The average Bonchev–Trinajstić information content (AvgIpc) is 3.24. The van der Waals surface area contributed by atoms with Crippen molar-refractivity contribution in [3.05, 3.63) is 92.8 Å². The van der Waals surface area contributed by atoms with Gasteiger partial charge >= 0.3 is 5.97 Å². The third kappa shape index (κ3) is 5.73. The van der Waals surface area contributed by atoms with Crippen LogP contribution in [0.25, 0.3) is 21.8 Å². The van der Waals surface area contributed by atoms with Gasteiger partial charge in [-0.15, -0.1) is 11.3 Å². The molecule has 0 saturated carbocycles. The molecule has 0 fully saturated rings. The number of rotatable bonds is 7. The summed E-state index contributed by atoms with van der Waals surface area (Å²) < 4.78 is 0. The van der Waals surface area contributed by atoms with Crippen LogP contribution in [-0.4, -0.2) is 22.0 Å². The number of thiazole rings is 1. The summed E-state index contributed by atoms with van der Waals surface area (Å²) in [5.41, 5.74) is 2.96. The Morgan fingerprint density at radius 2 is 1.69 bits per heavy atom. The first-order valence-electron chi connectivity index (χ1n) is 10.9. The molecule has 5 nitrogen and oxygen atoms in total. The Bertz CT molecular complexity index is 1400. The Hall–Kier alpha value is -3.19. The van der Waals surface area contributed by atoms with E-state index in [2.05, 4.69) is 19.2 Å². The lowest BCUT2D eigenvalue weighted by Crippen LogP contribution is -2.14. The maximum atomic E-state index is 12.6. The molecule has 2 N–H and O–H groups in total. The van der Waals surface area contributed by atoms with Crippen LogP contribution >= 0.6 is 34.5 Å². The van der Waals surface area contributed by atoms with Gasteiger partial charge in [-0.3, -0.25) is 4.79 Å². The number of amides is 1. The number of carboxylic acid groups (broad SMARTS) is 1. The van der Waals surface area contributed by atoms with E-state index in [-0.39, 0.29) is 17.2 Å². The fourth-order valence-corrected chi connectivity index (χ4v) is 5.19. The van der Waals surface area contributed by atoms with Gasteiger partial charge in [0.05, 0.1) is 27.0 Å². The number of nitrogens with zero attached hydrogens (tertiary/aromatic N) is 1. The van der Waals surface area contributed by atoms with E-state index in [1.807, 2.05) is 12.1 Å². The van der Waals surface area contributed by atoms with Crippen molar-refractivity contribution in [2.24, 2.45) is 5.92 Å². The average molecular weight is 525 g/mol. The van der Waals surface area contributed by atoms with Crippen molar-refractivity contribution in [1.29, 1.82) is 0 Å². The van der Waals surface area contributed by atoms with Crippen molar-refractivity contribution >= 4 is 52.1 Å². The number of anilines is 1.